The Labute approximate surface area is 450 Å². The summed E-state index contributed by atoms with van der Waals surface area (Å²) in [6.07, 6.45) is 83.9. The van der Waals surface area contributed by atoms with Crippen LogP contribution in [0.1, 0.15) is 265 Å². The lowest BCUT2D eigenvalue weighted by molar-refractivity contribution is -0.167. The van der Waals surface area contributed by atoms with Crippen LogP contribution in [0.4, 0.5) is 0 Å². The van der Waals surface area contributed by atoms with Crippen molar-refractivity contribution in [2.45, 2.75) is 271 Å². The van der Waals surface area contributed by atoms with E-state index in [2.05, 4.69) is 142 Å². The molecule has 0 aromatic rings. The number of hydrogen-bond acceptors (Lipinski definition) is 6. The Kier molecular flexibility index (Phi) is 56.9. The molecular formula is C67H110O6. The first kappa shape index (κ1) is 68.8. The summed E-state index contributed by atoms with van der Waals surface area (Å²) >= 11 is 0. The SMILES string of the molecule is CC/C=C\C/C=C\C/C=C\C/C=C\C/C=C\C/C=C\CCCCCCC(=O)OC(COC(=O)CCCCCCC)COC(=O)CCCCCCCCCCCCCCCC/C=C\C/C=C\C/C=C\C/C=C\CC. The molecule has 0 aromatic heterocycles. The predicted octanol–water partition coefficient (Wildman–Crippen LogP) is 20.4. The van der Waals surface area contributed by atoms with E-state index in [1.54, 1.807) is 0 Å². The third kappa shape index (κ3) is 58.6. The second-order valence-electron chi connectivity index (χ2n) is 19.5. The third-order valence-electron chi connectivity index (χ3n) is 12.5. The quantitative estimate of drug-likeness (QED) is 0.0261. The molecule has 0 spiro atoms. The highest BCUT2D eigenvalue weighted by Crippen LogP contribution is 2.15. The fourth-order valence-corrected chi connectivity index (χ4v) is 8.03. The van der Waals surface area contributed by atoms with Crippen LogP contribution in [0.2, 0.25) is 0 Å². The summed E-state index contributed by atoms with van der Waals surface area (Å²) in [6, 6.07) is 0. The van der Waals surface area contributed by atoms with Crippen molar-refractivity contribution >= 4 is 17.9 Å². The molecule has 0 fully saturated rings. The number of hydrogen-bond donors (Lipinski definition) is 0. The summed E-state index contributed by atoms with van der Waals surface area (Å²) in [4.78, 5) is 37.9. The Morgan fingerprint density at radius 2 is 0.534 bits per heavy atom. The molecule has 0 amide bonds. The van der Waals surface area contributed by atoms with Gasteiger partial charge in [-0.15, -0.1) is 0 Å². The van der Waals surface area contributed by atoms with Gasteiger partial charge in [-0.2, -0.15) is 0 Å². The van der Waals surface area contributed by atoms with Crippen molar-refractivity contribution in [2.24, 2.45) is 0 Å². The van der Waals surface area contributed by atoms with Crippen LogP contribution in [0.3, 0.4) is 0 Å². The van der Waals surface area contributed by atoms with Gasteiger partial charge in [-0.05, 0) is 109 Å². The lowest BCUT2D eigenvalue weighted by Crippen LogP contribution is -2.30. The van der Waals surface area contributed by atoms with E-state index < -0.39 is 6.10 Å². The molecule has 0 aliphatic carbocycles. The monoisotopic (exact) mass is 1010 g/mol. The Balaban J connectivity index is 4.12. The van der Waals surface area contributed by atoms with E-state index in [0.29, 0.717) is 19.3 Å². The summed E-state index contributed by atoms with van der Waals surface area (Å²) < 4.78 is 16.7. The van der Waals surface area contributed by atoms with Crippen molar-refractivity contribution in [3.8, 4) is 0 Å². The largest absolute Gasteiger partial charge is 0.462 e. The van der Waals surface area contributed by atoms with Gasteiger partial charge in [0, 0.05) is 19.3 Å². The number of carbonyl (C=O) groups excluding carboxylic acids is 3. The number of rotatable bonds is 53. The van der Waals surface area contributed by atoms with Crippen LogP contribution in [0.15, 0.2) is 122 Å². The van der Waals surface area contributed by atoms with Gasteiger partial charge in [-0.3, -0.25) is 14.4 Å². The van der Waals surface area contributed by atoms with Gasteiger partial charge in [-0.1, -0.05) is 258 Å². The fourth-order valence-electron chi connectivity index (χ4n) is 8.03. The molecule has 0 saturated carbocycles. The Bertz CT molecular complexity index is 1540. The summed E-state index contributed by atoms with van der Waals surface area (Å²) in [5.74, 6) is -0.930. The Morgan fingerprint density at radius 3 is 0.836 bits per heavy atom. The van der Waals surface area contributed by atoms with E-state index in [9.17, 15) is 14.4 Å². The first-order valence-corrected chi connectivity index (χ1v) is 30.0. The molecule has 0 radical (unpaired) electrons. The highest BCUT2D eigenvalue weighted by Gasteiger charge is 2.19. The maximum absolute atomic E-state index is 12.8. The first-order valence-electron chi connectivity index (χ1n) is 30.0. The van der Waals surface area contributed by atoms with Gasteiger partial charge in [0.2, 0.25) is 0 Å². The fraction of sp³-hybridized carbons (Fsp3) is 0.657. The maximum Gasteiger partial charge on any atom is 0.306 e. The van der Waals surface area contributed by atoms with Crippen molar-refractivity contribution in [3.05, 3.63) is 122 Å². The van der Waals surface area contributed by atoms with Crippen LogP contribution in [0.5, 0.6) is 0 Å². The van der Waals surface area contributed by atoms with Gasteiger partial charge in [0.25, 0.3) is 0 Å². The minimum absolute atomic E-state index is 0.0903. The van der Waals surface area contributed by atoms with Gasteiger partial charge in [0.05, 0.1) is 0 Å². The topological polar surface area (TPSA) is 78.9 Å². The van der Waals surface area contributed by atoms with Gasteiger partial charge < -0.3 is 14.2 Å². The lowest BCUT2D eigenvalue weighted by atomic mass is 10.0. The van der Waals surface area contributed by atoms with Crippen LogP contribution in [0, 0.1) is 0 Å². The zero-order valence-corrected chi connectivity index (χ0v) is 47.4. The van der Waals surface area contributed by atoms with E-state index in [4.69, 9.17) is 14.2 Å². The number of carbonyl (C=O) groups is 3. The number of allylic oxidation sites excluding steroid dienone is 20. The number of unbranched alkanes of at least 4 members (excludes halogenated alkanes) is 22. The van der Waals surface area contributed by atoms with Crippen molar-refractivity contribution in [1.29, 1.82) is 0 Å². The van der Waals surface area contributed by atoms with Crippen molar-refractivity contribution in [1.82, 2.24) is 0 Å². The predicted molar refractivity (Wildman–Crippen MR) is 316 cm³/mol. The lowest BCUT2D eigenvalue weighted by Gasteiger charge is -2.18. The van der Waals surface area contributed by atoms with Gasteiger partial charge in [0.1, 0.15) is 13.2 Å². The minimum Gasteiger partial charge on any atom is -0.462 e. The van der Waals surface area contributed by atoms with Gasteiger partial charge in [0.15, 0.2) is 6.10 Å². The zero-order chi connectivity index (χ0) is 52.9. The highest BCUT2D eigenvalue weighted by molar-refractivity contribution is 5.71. The minimum atomic E-state index is -0.791. The van der Waals surface area contributed by atoms with E-state index in [0.717, 1.165) is 148 Å². The highest BCUT2D eigenvalue weighted by atomic mass is 16.6. The van der Waals surface area contributed by atoms with Gasteiger partial charge in [-0.25, -0.2) is 0 Å². The number of ether oxygens (including phenoxy) is 3. The second-order valence-corrected chi connectivity index (χ2v) is 19.5. The standard InChI is InChI=1S/C67H110O6/c1-4-7-10-13-15-17-19-21-23-25-27-29-31-32-33-34-36-37-39-41-43-45-47-49-51-54-57-60-66(69)72-63-64(62-71-65(68)59-56-53-12-9-6-3)73-67(70)61-58-55-52-50-48-46-44-42-40-38-35-30-28-26-24-22-20-18-16-14-11-8-5-2/h7-8,10-11,15-18,21-24,27-30,38,40,44,46,64H,4-6,9,12-14,19-20,25-26,31-37,39,41-43,45,47-63H2,1-3H3/b10-7-,11-8-,17-15-,18-16-,23-21-,24-22-,29-27-,30-28-,40-38-,46-44-. The first-order chi connectivity index (χ1) is 36.0. The normalized spacial score (nSPS) is 13.0. The Morgan fingerprint density at radius 1 is 0.288 bits per heavy atom. The molecule has 0 aliphatic rings. The number of esters is 3. The van der Waals surface area contributed by atoms with Crippen LogP contribution in [-0.4, -0.2) is 37.2 Å². The van der Waals surface area contributed by atoms with Crippen LogP contribution in [0.25, 0.3) is 0 Å². The maximum atomic E-state index is 12.8. The summed E-state index contributed by atoms with van der Waals surface area (Å²) in [7, 11) is 0. The van der Waals surface area contributed by atoms with E-state index >= 15 is 0 Å². The zero-order valence-electron chi connectivity index (χ0n) is 47.4. The molecule has 6 nitrogen and oxygen atoms in total. The van der Waals surface area contributed by atoms with Crippen LogP contribution >= 0.6 is 0 Å². The van der Waals surface area contributed by atoms with E-state index in [-0.39, 0.29) is 31.1 Å². The summed E-state index contributed by atoms with van der Waals surface area (Å²) in [6.45, 7) is 6.31. The van der Waals surface area contributed by atoms with Crippen molar-refractivity contribution < 1.29 is 28.6 Å². The van der Waals surface area contributed by atoms with Gasteiger partial charge >= 0.3 is 17.9 Å². The second kappa shape index (κ2) is 60.4. The van der Waals surface area contributed by atoms with Crippen molar-refractivity contribution in [3.63, 3.8) is 0 Å². The third-order valence-corrected chi connectivity index (χ3v) is 12.5. The average Bonchev–Trinajstić information content (AvgIpc) is 3.39. The average molecular weight is 1010 g/mol. The molecule has 0 rings (SSSR count). The van der Waals surface area contributed by atoms with E-state index in [1.165, 1.54) is 77.0 Å². The molecule has 0 aromatic carbocycles. The molecule has 0 heterocycles. The molecular weight excluding hydrogens is 901 g/mol. The van der Waals surface area contributed by atoms with Crippen LogP contribution in [-0.2, 0) is 28.6 Å². The smallest absolute Gasteiger partial charge is 0.306 e. The summed E-state index contributed by atoms with van der Waals surface area (Å²) in [5.41, 5.74) is 0. The molecule has 0 N–H and O–H groups in total. The molecule has 1 unspecified atom stereocenters. The molecule has 1 atom stereocenters. The van der Waals surface area contributed by atoms with Crippen molar-refractivity contribution in [2.75, 3.05) is 13.2 Å². The van der Waals surface area contributed by atoms with E-state index in [1.807, 2.05) is 0 Å². The molecule has 0 saturated heterocycles. The molecule has 0 bridgehead atoms. The summed E-state index contributed by atoms with van der Waals surface area (Å²) in [5, 5.41) is 0. The molecule has 73 heavy (non-hydrogen) atoms. The Hall–Kier alpha value is -4.19. The molecule has 414 valence electrons. The van der Waals surface area contributed by atoms with Crippen LogP contribution < -0.4 is 0 Å². The molecule has 6 heteroatoms. The molecule has 0 aliphatic heterocycles.